The molecule has 1 N–H and O–H groups in total. The van der Waals surface area contributed by atoms with Crippen LogP contribution in [-0.2, 0) is 0 Å². The summed E-state index contributed by atoms with van der Waals surface area (Å²) in [5, 5.41) is 10.2. The molecule has 1 aliphatic rings. The molecule has 2 aromatic rings. The number of halogens is 1. The van der Waals surface area contributed by atoms with Gasteiger partial charge in [0, 0.05) is 11.8 Å². The number of fused-ring (bicyclic) bond motifs is 1. The number of carbonyl (C=O) groups excluding carboxylic acids is 1. The smallest absolute Gasteiger partial charge is 0.272 e. The van der Waals surface area contributed by atoms with Gasteiger partial charge in [0.1, 0.15) is 11.9 Å². The molecule has 0 radical (unpaired) electrons. The Morgan fingerprint density at radius 2 is 2.15 bits per heavy atom. The van der Waals surface area contributed by atoms with Gasteiger partial charge in [-0.2, -0.15) is 0 Å². The molecular formula is C15H15FN2O2. The van der Waals surface area contributed by atoms with Gasteiger partial charge in [-0.15, -0.1) is 0 Å². The molecule has 1 saturated heterocycles. The molecule has 1 aromatic carbocycles. The van der Waals surface area contributed by atoms with Crippen LogP contribution < -0.4 is 0 Å². The van der Waals surface area contributed by atoms with Crippen LogP contribution in [0.1, 0.15) is 16.9 Å². The molecule has 4 nitrogen and oxygen atoms in total. The van der Waals surface area contributed by atoms with E-state index >= 15 is 0 Å². The third kappa shape index (κ3) is 2.25. The molecule has 104 valence electrons. The maximum Gasteiger partial charge on any atom is 0.272 e. The van der Waals surface area contributed by atoms with Crippen molar-refractivity contribution in [1.29, 1.82) is 0 Å². The van der Waals surface area contributed by atoms with Gasteiger partial charge >= 0.3 is 0 Å². The van der Waals surface area contributed by atoms with Gasteiger partial charge in [-0.1, -0.05) is 24.3 Å². The first-order valence-electron chi connectivity index (χ1n) is 6.60. The Morgan fingerprint density at radius 3 is 2.95 bits per heavy atom. The number of pyridine rings is 1. The maximum atomic E-state index is 13.4. The van der Waals surface area contributed by atoms with E-state index in [9.17, 15) is 14.3 Å². The lowest BCUT2D eigenvalue weighted by Crippen LogP contribution is -2.38. The monoisotopic (exact) mass is 274 g/mol. The second kappa shape index (κ2) is 5.17. The average Bonchev–Trinajstić information content (AvgIpc) is 2.87. The fourth-order valence-electron chi connectivity index (χ4n) is 2.61. The van der Waals surface area contributed by atoms with E-state index in [-0.39, 0.29) is 31.2 Å². The molecular weight excluding hydrogens is 259 g/mol. The Balaban J connectivity index is 1.92. The van der Waals surface area contributed by atoms with Crippen molar-refractivity contribution in [2.75, 3.05) is 13.2 Å². The van der Waals surface area contributed by atoms with Gasteiger partial charge in [0.25, 0.3) is 5.91 Å². The van der Waals surface area contributed by atoms with Crippen molar-refractivity contribution in [3.05, 3.63) is 42.1 Å². The minimum atomic E-state index is -1.07. The number of likely N-dealkylation sites (tertiary alicyclic amines) is 1. The van der Waals surface area contributed by atoms with Crippen LogP contribution >= 0.6 is 0 Å². The lowest BCUT2D eigenvalue weighted by molar-refractivity contribution is 0.0667. The molecule has 1 amide bonds. The largest absolute Gasteiger partial charge is 0.394 e. The van der Waals surface area contributed by atoms with Gasteiger partial charge in [-0.05, 0) is 12.1 Å². The molecule has 1 aromatic heterocycles. The summed E-state index contributed by atoms with van der Waals surface area (Å²) in [6.45, 7) is -0.196. The highest BCUT2D eigenvalue weighted by atomic mass is 19.1. The van der Waals surface area contributed by atoms with Crippen molar-refractivity contribution >= 4 is 16.8 Å². The molecule has 1 fully saturated rings. The molecule has 5 heteroatoms. The predicted octanol–water partition coefficient (Wildman–Crippen LogP) is 1.78. The molecule has 2 atom stereocenters. The van der Waals surface area contributed by atoms with Gasteiger partial charge < -0.3 is 10.0 Å². The number of nitrogens with zero attached hydrogens (tertiary/aromatic N) is 2. The lowest BCUT2D eigenvalue weighted by Gasteiger charge is -2.22. The van der Waals surface area contributed by atoms with Crippen LogP contribution in [0, 0.1) is 0 Å². The van der Waals surface area contributed by atoms with Crippen LogP contribution in [0.3, 0.4) is 0 Å². The van der Waals surface area contributed by atoms with Crippen LogP contribution in [0.2, 0.25) is 0 Å². The first kappa shape index (κ1) is 13.0. The van der Waals surface area contributed by atoms with Crippen LogP contribution in [0.5, 0.6) is 0 Å². The number of aliphatic hydroxyl groups excluding tert-OH is 1. The van der Waals surface area contributed by atoms with E-state index < -0.39 is 12.2 Å². The number of aromatic nitrogens is 1. The van der Waals surface area contributed by atoms with Crippen molar-refractivity contribution in [3.63, 3.8) is 0 Å². The van der Waals surface area contributed by atoms with E-state index in [0.717, 1.165) is 10.9 Å². The molecule has 0 spiro atoms. The van der Waals surface area contributed by atoms with E-state index in [2.05, 4.69) is 4.98 Å². The van der Waals surface area contributed by atoms with E-state index in [0.29, 0.717) is 0 Å². The number of rotatable bonds is 2. The molecule has 0 bridgehead atoms. The minimum absolute atomic E-state index is 0.0264. The average molecular weight is 274 g/mol. The van der Waals surface area contributed by atoms with Crippen molar-refractivity contribution in [2.24, 2.45) is 0 Å². The third-order valence-corrected chi connectivity index (χ3v) is 3.65. The maximum absolute atomic E-state index is 13.4. The first-order chi connectivity index (χ1) is 9.69. The second-order valence-electron chi connectivity index (χ2n) is 5.02. The van der Waals surface area contributed by atoms with Gasteiger partial charge in [-0.3, -0.25) is 4.79 Å². The normalized spacial score (nSPS) is 22.4. The summed E-state index contributed by atoms with van der Waals surface area (Å²) in [4.78, 5) is 18.1. The first-order valence-corrected chi connectivity index (χ1v) is 6.60. The second-order valence-corrected chi connectivity index (χ2v) is 5.02. The number of carbonyl (C=O) groups is 1. The van der Waals surface area contributed by atoms with Gasteiger partial charge in [0.2, 0.25) is 0 Å². The summed E-state index contributed by atoms with van der Waals surface area (Å²) in [6, 6.07) is 10.5. The summed E-state index contributed by atoms with van der Waals surface area (Å²) < 4.78 is 13.4. The van der Waals surface area contributed by atoms with Crippen LogP contribution in [-0.4, -0.2) is 46.3 Å². The Labute approximate surface area is 115 Å². The zero-order valence-corrected chi connectivity index (χ0v) is 10.9. The Morgan fingerprint density at radius 1 is 1.35 bits per heavy atom. The van der Waals surface area contributed by atoms with E-state index in [1.165, 1.54) is 4.90 Å². The summed E-state index contributed by atoms with van der Waals surface area (Å²) in [6.07, 6.45) is -0.882. The topological polar surface area (TPSA) is 53.4 Å². The fraction of sp³-hybridized carbons (Fsp3) is 0.333. The summed E-state index contributed by atoms with van der Waals surface area (Å²) >= 11 is 0. The molecule has 1 aliphatic heterocycles. The number of benzene rings is 1. The van der Waals surface area contributed by atoms with E-state index in [1.54, 1.807) is 6.07 Å². The Bertz CT molecular complexity index is 647. The summed E-state index contributed by atoms with van der Waals surface area (Å²) in [7, 11) is 0. The summed E-state index contributed by atoms with van der Waals surface area (Å²) in [5.74, 6) is -0.324. The minimum Gasteiger partial charge on any atom is -0.394 e. The number of para-hydroxylation sites is 1. The van der Waals surface area contributed by atoms with Crippen molar-refractivity contribution in [1.82, 2.24) is 9.88 Å². The van der Waals surface area contributed by atoms with Crippen molar-refractivity contribution < 1.29 is 14.3 Å². The number of hydrogen-bond acceptors (Lipinski definition) is 3. The number of alkyl halides is 1. The van der Waals surface area contributed by atoms with Crippen molar-refractivity contribution in [2.45, 2.75) is 18.6 Å². The molecule has 0 saturated carbocycles. The zero-order chi connectivity index (χ0) is 14.1. The quantitative estimate of drug-likeness (QED) is 0.908. The zero-order valence-electron chi connectivity index (χ0n) is 10.9. The summed E-state index contributed by atoms with van der Waals surface area (Å²) in [5.41, 5.74) is 1.02. The van der Waals surface area contributed by atoms with E-state index in [1.807, 2.05) is 30.3 Å². The number of hydrogen-bond donors (Lipinski definition) is 1. The number of aliphatic hydroxyl groups is 1. The van der Waals surface area contributed by atoms with Gasteiger partial charge in [-0.25, -0.2) is 9.37 Å². The molecule has 0 aliphatic carbocycles. The van der Waals surface area contributed by atoms with E-state index in [4.69, 9.17) is 0 Å². The van der Waals surface area contributed by atoms with Crippen LogP contribution in [0.15, 0.2) is 36.4 Å². The van der Waals surface area contributed by atoms with Gasteiger partial charge in [0.05, 0.1) is 24.7 Å². The predicted molar refractivity (Wildman–Crippen MR) is 73.2 cm³/mol. The lowest BCUT2D eigenvalue weighted by atomic mass is 10.2. The molecule has 2 heterocycles. The molecule has 0 unspecified atom stereocenters. The standard InChI is InChI=1S/C15H15FN2O2/c16-11-7-12(9-19)18(8-11)15(20)14-6-5-10-3-1-2-4-13(10)17-14/h1-6,11-12,19H,7-9H2/t11-,12-/m0/s1. The SMILES string of the molecule is O=C(c1ccc2ccccc2n1)N1C[C@@H](F)C[C@H]1CO. The molecule has 3 rings (SSSR count). The van der Waals surface area contributed by atoms with Crippen molar-refractivity contribution in [3.8, 4) is 0 Å². The number of amides is 1. The van der Waals surface area contributed by atoms with Gasteiger partial charge in [0.15, 0.2) is 0 Å². The molecule has 20 heavy (non-hydrogen) atoms. The highest BCUT2D eigenvalue weighted by Gasteiger charge is 2.35. The highest BCUT2D eigenvalue weighted by Crippen LogP contribution is 2.22. The highest BCUT2D eigenvalue weighted by molar-refractivity contribution is 5.95. The third-order valence-electron chi connectivity index (χ3n) is 3.65. The Hall–Kier alpha value is -2.01. The Kier molecular flexibility index (Phi) is 3.36. The van der Waals surface area contributed by atoms with Crippen LogP contribution in [0.4, 0.5) is 4.39 Å². The van der Waals surface area contributed by atoms with Crippen LogP contribution in [0.25, 0.3) is 10.9 Å². The fourth-order valence-corrected chi connectivity index (χ4v) is 2.61.